The highest BCUT2D eigenvalue weighted by Crippen LogP contribution is 2.30. The van der Waals surface area contributed by atoms with Gasteiger partial charge in [0.25, 0.3) is 5.91 Å². The fraction of sp³-hybridized carbons (Fsp3) is 0.458. The maximum absolute atomic E-state index is 12.0. The second kappa shape index (κ2) is 9.13. The van der Waals surface area contributed by atoms with Crippen LogP contribution >= 0.6 is 0 Å². The van der Waals surface area contributed by atoms with Gasteiger partial charge in [0.2, 0.25) is 0 Å². The van der Waals surface area contributed by atoms with Gasteiger partial charge in [-0.1, -0.05) is 71.9 Å². The first-order chi connectivity index (χ1) is 13.1. The molecular weight excluding hydrogens is 350 g/mol. The number of hydrogen-bond donors (Lipinski definition) is 1. The van der Waals surface area contributed by atoms with E-state index in [1.165, 1.54) is 5.56 Å². The first-order valence-electron chi connectivity index (χ1n) is 9.80. The fourth-order valence-electron chi connectivity index (χ4n) is 2.81. The molecule has 0 radical (unpaired) electrons. The SMILES string of the molecule is CC(C)(C)c1ccc(OCC(=O)NCCOc2ccccc2C(C)(C)C)cc1. The van der Waals surface area contributed by atoms with E-state index in [1.54, 1.807) is 0 Å². The highest BCUT2D eigenvalue weighted by atomic mass is 16.5. The molecule has 0 aliphatic carbocycles. The summed E-state index contributed by atoms with van der Waals surface area (Å²) in [7, 11) is 0. The number of rotatable bonds is 7. The number of carbonyl (C=O) groups excluding carboxylic acids is 1. The zero-order chi connectivity index (χ0) is 20.8. The predicted molar refractivity (Wildman–Crippen MR) is 114 cm³/mol. The largest absolute Gasteiger partial charge is 0.491 e. The Kier molecular flexibility index (Phi) is 7.11. The van der Waals surface area contributed by atoms with Crippen molar-refractivity contribution in [1.82, 2.24) is 5.32 Å². The molecule has 2 aromatic carbocycles. The van der Waals surface area contributed by atoms with Gasteiger partial charge in [-0.15, -0.1) is 0 Å². The summed E-state index contributed by atoms with van der Waals surface area (Å²) >= 11 is 0. The number of ether oxygens (including phenoxy) is 2. The third-order valence-electron chi connectivity index (χ3n) is 4.47. The lowest BCUT2D eigenvalue weighted by Gasteiger charge is -2.22. The van der Waals surface area contributed by atoms with Crippen molar-refractivity contribution >= 4 is 5.91 Å². The van der Waals surface area contributed by atoms with E-state index in [1.807, 2.05) is 42.5 Å². The molecule has 0 aromatic heterocycles. The molecule has 0 fully saturated rings. The number of benzene rings is 2. The summed E-state index contributed by atoms with van der Waals surface area (Å²) < 4.78 is 11.4. The van der Waals surface area contributed by atoms with Gasteiger partial charge in [0.15, 0.2) is 6.61 Å². The van der Waals surface area contributed by atoms with Crippen LogP contribution in [0.2, 0.25) is 0 Å². The van der Waals surface area contributed by atoms with E-state index < -0.39 is 0 Å². The number of carbonyl (C=O) groups is 1. The molecule has 0 unspecified atom stereocenters. The Morgan fingerprint density at radius 1 is 0.857 bits per heavy atom. The van der Waals surface area contributed by atoms with Crippen LogP contribution in [0, 0.1) is 0 Å². The summed E-state index contributed by atoms with van der Waals surface area (Å²) in [5, 5.41) is 2.83. The average molecular weight is 384 g/mol. The van der Waals surface area contributed by atoms with E-state index in [2.05, 4.69) is 52.9 Å². The minimum Gasteiger partial charge on any atom is -0.491 e. The molecule has 28 heavy (non-hydrogen) atoms. The van der Waals surface area contributed by atoms with Crippen molar-refractivity contribution in [1.29, 1.82) is 0 Å². The van der Waals surface area contributed by atoms with Crippen LogP contribution in [0.4, 0.5) is 0 Å². The van der Waals surface area contributed by atoms with Crippen molar-refractivity contribution in [3.05, 3.63) is 59.7 Å². The van der Waals surface area contributed by atoms with Crippen molar-refractivity contribution in [2.24, 2.45) is 0 Å². The molecule has 152 valence electrons. The topological polar surface area (TPSA) is 47.6 Å². The normalized spacial score (nSPS) is 11.8. The lowest BCUT2D eigenvalue weighted by molar-refractivity contribution is -0.123. The minimum atomic E-state index is -0.160. The molecule has 0 spiro atoms. The molecule has 4 nitrogen and oxygen atoms in total. The second-order valence-electron chi connectivity index (χ2n) is 9.01. The van der Waals surface area contributed by atoms with Gasteiger partial charge >= 0.3 is 0 Å². The zero-order valence-corrected chi connectivity index (χ0v) is 18.0. The predicted octanol–water partition coefficient (Wildman–Crippen LogP) is 4.86. The molecule has 4 heteroatoms. The van der Waals surface area contributed by atoms with E-state index in [4.69, 9.17) is 9.47 Å². The molecule has 1 amide bonds. The molecule has 2 rings (SSSR count). The highest BCUT2D eigenvalue weighted by molar-refractivity contribution is 5.77. The molecule has 0 saturated heterocycles. The first-order valence-corrected chi connectivity index (χ1v) is 9.80. The smallest absolute Gasteiger partial charge is 0.258 e. The van der Waals surface area contributed by atoms with Crippen molar-refractivity contribution in [2.45, 2.75) is 52.4 Å². The first kappa shape index (κ1) is 21.8. The van der Waals surface area contributed by atoms with Crippen LogP contribution in [0.5, 0.6) is 11.5 Å². The fourth-order valence-corrected chi connectivity index (χ4v) is 2.81. The Morgan fingerprint density at radius 2 is 1.50 bits per heavy atom. The maximum atomic E-state index is 12.0. The van der Waals surface area contributed by atoms with E-state index >= 15 is 0 Å². The molecular formula is C24H33NO3. The Balaban J connectivity index is 1.74. The molecule has 0 aliphatic heterocycles. The van der Waals surface area contributed by atoms with E-state index in [0.29, 0.717) is 18.9 Å². The van der Waals surface area contributed by atoms with E-state index in [-0.39, 0.29) is 23.3 Å². The van der Waals surface area contributed by atoms with Crippen LogP contribution in [0.3, 0.4) is 0 Å². The molecule has 2 aromatic rings. The van der Waals surface area contributed by atoms with Crippen LogP contribution in [0.15, 0.2) is 48.5 Å². The lowest BCUT2D eigenvalue weighted by atomic mass is 9.86. The van der Waals surface area contributed by atoms with Gasteiger partial charge in [-0.25, -0.2) is 0 Å². The molecule has 0 bridgehead atoms. The summed E-state index contributed by atoms with van der Waals surface area (Å²) in [6, 6.07) is 15.9. The van der Waals surface area contributed by atoms with Crippen molar-refractivity contribution < 1.29 is 14.3 Å². The van der Waals surface area contributed by atoms with Crippen LogP contribution in [0.1, 0.15) is 52.7 Å². The third-order valence-corrected chi connectivity index (χ3v) is 4.47. The van der Waals surface area contributed by atoms with E-state index in [9.17, 15) is 4.79 Å². The van der Waals surface area contributed by atoms with Crippen LogP contribution in [0.25, 0.3) is 0 Å². The Bertz CT molecular complexity index is 768. The number of nitrogens with one attached hydrogen (secondary N) is 1. The molecule has 1 N–H and O–H groups in total. The summed E-state index contributed by atoms with van der Waals surface area (Å²) in [5.41, 5.74) is 2.50. The molecule has 0 heterocycles. The Hall–Kier alpha value is -2.49. The number of hydrogen-bond acceptors (Lipinski definition) is 3. The van der Waals surface area contributed by atoms with Crippen LogP contribution < -0.4 is 14.8 Å². The van der Waals surface area contributed by atoms with Gasteiger partial charge in [0.05, 0.1) is 6.54 Å². The van der Waals surface area contributed by atoms with Gasteiger partial charge in [0, 0.05) is 0 Å². The second-order valence-corrected chi connectivity index (χ2v) is 9.01. The highest BCUT2D eigenvalue weighted by Gasteiger charge is 2.18. The Labute approximate surface area is 169 Å². The van der Waals surface area contributed by atoms with Gasteiger partial charge in [-0.2, -0.15) is 0 Å². The third kappa shape index (κ3) is 6.59. The minimum absolute atomic E-state index is 0.00651. The standard InChI is InChI=1S/C24H33NO3/c1-23(2,3)18-11-13-19(14-12-18)28-17-22(26)25-15-16-27-21-10-8-7-9-20(21)24(4,5)6/h7-14H,15-17H2,1-6H3,(H,25,26). The van der Waals surface area contributed by atoms with Gasteiger partial charge in [-0.3, -0.25) is 4.79 Å². The van der Waals surface area contributed by atoms with Crippen molar-refractivity contribution in [3.8, 4) is 11.5 Å². The van der Waals surface area contributed by atoms with Crippen LogP contribution in [-0.4, -0.2) is 25.7 Å². The van der Waals surface area contributed by atoms with Crippen molar-refractivity contribution in [2.75, 3.05) is 19.8 Å². The van der Waals surface area contributed by atoms with Crippen LogP contribution in [-0.2, 0) is 15.6 Å². The lowest BCUT2D eigenvalue weighted by Crippen LogP contribution is -2.32. The molecule has 0 aliphatic rings. The quantitative estimate of drug-likeness (QED) is 0.695. The summed E-state index contributed by atoms with van der Waals surface area (Å²) in [6.07, 6.45) is 0. The van der Waals surface area contributed by atoms with Gasteiger partial charge in [-0.05, 0) is 40.2 Å². The average Bonchev–Trinajstić information content (AvgIpc) is 2.63. The number of para-hydroxylation sites is 1. The van der Waals surface area contributed by atoms with E-state index in [0.717, 1.165) is 11.3 Å². The summed E-state index contributed by atoms with van der Waals surface area (Å²) in [5.74, 6) is 1.39. The summed E-state index contributed by atoms with van der Waals surface area (Å²) in [4.78, 5) is 12.0. The molecule has 0 atom stereocenters. The zero-order valence-electron chi connectivity index (χ0n) is 18.0. The summed E-state index contributed by atoms with van der Waals surface area (Å²) in [6.45, 7) is 13.8. The molecule has 0 saturated carbocycles. The Morgan fingerprint density at radius 3 is 2.11 bits per heavy atom. The van der Waals surface area contributed by atoms with Crippen molar-refractivity contribution in [3.63, 3.8) is 0 Å². The maximum Gasteiger partial charge on any atom is 0.258 e. The van der Waals surface area contributed by atoms with Gasteiger partial charge in [0.1, 0.15) is 18.1 Å². The van der Waals surface area contributed by atoms with Gasteiger partial charge < -0.3 is 14.8 Å². The monoisotopic (exact) mass is 383 g/mol. The number of amides is 1.